The molecule has 0 aliphatic rings. The maximum absolute atomic E-state index is 13.1. The lowest BCUT2D eigenvalue weighted by molar-refractivity contribution is -0.121. The second-order valence-electron chi connectivity index (χ2n) is 8.69. The molecule has 0 saturated heterocycles. The fraction of sp³-hybridized carbons (Fsp3) is 0.167. The summed E-state index contributed by atoms with van der Waals surface area (Å²) in [5, 5.41) is 3.14. The molecule has 0 spiro atoms. The molecule has 0 bridgehead atoms. The van der Waals surface area contributed by atoms with Crippen molar-refractivity contribution >= 4 is 5.91 Å². The zero-order valence-electron chi connectivity index (χ0n) is 20.8. The van der Waals surface area contributed by atoms with Crippen LogP contribution in [0.15, 0.2) is 102 Å². The Morgan fingerprint density at radius 1 is 0.973 bits per heavy atom. The second kappa shape index (κ2) is 11.0. The molecule has 3 aromatic carbocycles. The van der Waals surface area contributed by atoms with Crippen LogP contribution in [-0.4, -0.2) is 27.6 Å². The number of nitrogens with one attached hydrogen (secondary N) is 1. The summed E-state index contributed by atoms with van der Waals surface area (Å²) in [6.45, 7) is 0. The van der Waals surface area contributed by atoms with E-state index in [1.54, 1.807) is 13.3 Å². The van der Waals surface area contributed by atoms with Crippen molar-refractivity contribution in [3.63, 3.8) is 0 Å². The average Bonchev–Trinajstić information content (AvgIpc) is 3.58. The van der Waals surface area contributed by atoms with Crippen LogP contribution in [-0.2, 0) is 18.3 Å². The minimum absolute atomic E-state index is 0.121. The van der Waals surface area contributed by atoms with Crippen LogP contribution in [0.1, 0.15) is 29.7 Å². The van der Waals surface area contributed by atoms with Crippen molar-refractivity contribution in [2.45, 2.75) is 18.9 Å². The number of amides is 1. The van der Waals surface area contributed by atoms with Crippen molar-refractivity contribution in [1.82, 2.24) is 19.9 Å². The monoisotopic (exact) mass is 492 g/mol. The molecule has 1 unspecified atom stereocenters. The van der Waals surface area contributed by atoms with Gasteiger partial charge in [0.25, 0.3) is 0 Å². The Balaban J connectivity index is 1.35. The third-order valence-electron chi connectivity index (χ3n) is 6.19. The Kier molecular flexibility index (Phi) is 7.12. The van der Waals surface area contributed by atoms with Crippen LogP contribution in [0.25, 0.3) is 22.6 Å². The molecular weight excluding hydrogens is 464 g/mol. The van der Waals surface area contributed by atoms with E-state index < -0.39 is 6.04 Å². The largest absolute Gasteiger partial charge is 0.497 e. The predicted octanol–water partition coefficient (Wildman–Crippen LogP) is 5.59. The Labute approximate surface area is 215 Å². The number of hydrogen-bond acceptors (Lipinski definition) is 5. The van der Waals surface area contributed by atoms with Gasteiger partial charge < -0.3 is 19.0 Å². The van der Waals surface area contributed by atoms with Crippen LogP contribution < -0.4 is 10.1 Å². The smallest absolute Gasteiger partial charge is 0.221 e. The van der Waals surface area contributed by atoms with Crippen LogP contribution in [0.4, 0.5) is 0 Å². The van der Waals surface area contributed by atoms with Crippen molar-refractivity contribution in [1.29, 1.82) is 0 Å². The number of aryl methyl sites for hydroxylation is 2. The molecule has 7 nitrogen and oxygen atoms in total. The van der Waals surface area contributed by atoms with Crippen LogP contribution in [0.5, 0.6) is 5.75 Å². The van der Waals surface area contributed by atoms with E-state index in [0.29, 0.717) is 18.1 Å². The van der Waals surface area contributed by atoms with Crippen molar-refractivity contribution < 1.29 is 13.9 Å². The maximum atomic E-state index is 13.1. The van der Waals surface area contributed by atoms with E-state index in [2.05, 4.69) is 10.3 Å². The Morgan fingerprint density at radius 2 is 1.65 bits per heavy atom. The summed E-state index contributed by atoms with van der Waals surface area (Å²) >= 11 is 0. The molecule has 1 atom stereocenters. The van der Waals surface area contributed by atoms with Gasteiger partial charge in [0.05, 0.1) is 7.11 Å². The summed E-state index contributed by atoms with van der Waals surface area (Å²) in [6, 6.07) is 27.1. The maximum Gasteiger partial charge on any atom is 0.221 e. The van der Waals surface area contributed by atoms with E-state index in [-0.39, 0.29) is 12.3 Å². The molecule has 7 heteroatoms. The molecule has 5 rings (SSSR count). The zero-order valence-corrected chi connectivity index (χ0v) is 20.8. The summed E-state index contributed by atoms with van der Waals surface area (Å²) < 4.78 is 13.4. The van der Waals surface area contributed by atoms with Gasteiger partial charge in [0.1, 0.15) is 23.3 Å². The van der Waals surface area contributed by atoms with E-state index in [0.717, 1.165) is 34.0 Å². The first-order valence-electron chi connectivity index (χ1n) is 12.1. The first-order chi connectivity index (χ1) is 18.1. The highest BCUT2D eigenvalue weighted by molar-refractivity contribution is 5.78. The number of carbonyl (C=O) groups excluding carboxylic acids is 1. The lowest BCUT2D eigenvalue weighted by Gasteiger charge is -2.19. The number of rotatable bonds is 9. The number of ether oxygens (including phenoxy) is 1. The molecule has 1 N–H and O–H groups in total. The van der Waals surface area contributed by atoms with Gasteiger partial charge in [0, 0.05) is 43.4 Å². The summed E-state index contributed by atoms with van der Waals surface area (Å²) in [4.78, 5) is 22.4. The van der Waals surface area contributed by atoms with Gasteiger partial charge in [-0.15, -0.1) is 0 Å². The first kappa shape index (κ1) is 24.1. The zero-order chi connectivity index (χ0) is 25.6. The molecular formula is C30H28N4O3. The molecule has 37 heavy (non-hydrogen) atoms. The van der Waals surface area contributed by atoms with E-state index in [1.165, 1.54) is 0 Å². The SMILES string of the molecule is COc1ccc(C(NC(=O)CCc2nc(-c3ccccc3)c(-c3ccccc3)o2)c2nccn2C)cc1. The van der Waals surface area contributed by atoms with Crippen molar-refractivity contribution in [2.75, 3.05) is 7.11 Å². The number of methoxy groups -OCH3 is 1. The molecule has 2 aromatic heterocycles. The molecule has 2 heterocycles. The number of nitrogens with zero attached hydrogens (tertiary/aromatic N) is 3. The Hall–Kier alpha value is -4.65. The van der Waals surface area contributed by atoms with Crippen molar-refractivity contribution in [2.24, 2.45) is 7.05 Å². The van der Waals surface area contributed by atoms with Gasteiger partial charge in [-0.3, -0.25) is 4.79 Å². The highest BCUT2D eigenvalue weighted by atomic mass is 16.5. The predicted molar refractivity (Wildman–Crippen MR) is 142 cm³/mol. The quantitative estimate of drug-likeness (QED) is 0.290. The first-order valence-corrected chi connectivity index (χ1v) is 12.1. The molecule has 0 aliphatic carbocycles. The molecule has 1 amide bonds. The third-order valence-corrected chi connectivity index (χ3v) is 6.19. The summed E-state index contributed by atoms with van der Waals surface area (Å²) in [7, 11) is 3.54. The van der Waals surface area contributed by atoms with Crippen LogP contribution in [0, 0.1) is 0 Å². The molecule has 186 valence electrons. The summed E-state index contributed by atoms with van der Waals surface area (Å²) in [6.07, 6.45) is 4.18. The normalized spacial score (nSPS) is 11.7. The van der Waals surface area contributed by atoms with Gasteiger partial charge in [-0.1, -0.05) is 72.8 Å². The molecule has 0 saturated carbocycles. The Bertz CT molecular complexity index is 1400. The van der Waals surface area contributed by atoms with E-state index in [9.17, 15) is 4.79 Å². The highest BCUT2D eigenvalue weighted by Crippen LogP contribution is 2.33. The number of carbonyl (C=O) groups is 1. The summed E-state index contributed by atoms with van der Waals surface area (Å²) in [5.41, 5.74) is 3.60. The fourth-order valence-corrected chi connectivity index (χ4v) is 4.25. The van der Waals surface area contributed by atoms with Gasteiger partial charge in [0.15, 0.2) is 11.7 Å². The number of hydrogen-bond donors (Lipinski definition) is 1. The van der Waals surface area contributed by atoms with Gasteiger partial charge in [-0.05, 0) is 17.7 Å². The van der Waals surface area contributed by atoms with E-state index >= 15 is 0 Å². The number of imidazole rings is 1. The Morgan fingerprint density at radius 3 is 2.27 bits per heavy atom. The molecule has 5 aromatic rings. The van der Waals surface area contributed by atoms with Crippen LogP contribution in [0.3, 0.4) is 0 Å². The fourth-order valence-electron chi connectivity index (χ4n) is 4.25. The topological polar surface area (TPSA) is 82.2 Å². The van der Waals surface area contributed by atoms with E-state index in [4.69, 9.17) is 14.1 Å². The van der Waals surface area contributed by atoms with Gasteiger partial charge >= 0.3 is 0 Å². The number of aromatic nitrogens is 3. The summed E-state index contributed by atoms with van der Waals surface area (Å²) in [5.74, 6) is 2.59. The van der Waals surface area contributed by atoms with Gasteiger partial charge in [-0.25, -0.2) is 9.97 Å². The minimum Gasteiger partial charge on any atom is -0.497 e. The lowest BCUT2D eigenvalue weighted by atomic mass is 10.1. The number of benzene rings is 3. The minimum atomic E-state index is -0.400. The molecule has 0 fully saturated rings. The van der Waals surface area contributed by atoms with Crippen molar-refractivity contribution in [3.8, 4) is 28.3 Å². The standard InChI is InChI=1S/C30H28N4O3/c1-34-20-19-31-30(34)28(22-13-15-24(36-2)16-14-22)32-25(35)17-18-26-33-27(21-9-5-3-6-10-21)29(37-26)23-11-7-4-8-12-23/h3-16,19-20,28H,17-18H2,1-2H3,(H,32,35). The van der Waals surface area contributed by atoms with Crippen LogP contribution in [0.2, 0.25) is 0 Å². The molecule has 0 radical (unpaired) electrons. The van der Waals surface area contributed by atoms with Gasteiger partial charge in [0.2, 0.25) is 5.91 Å². The van der Waals surface area contributed by atoms with Crippen molar-refractivity contribution in [3.05, 3.63) is 115 Å². The van der Waals surface area contributed by atoms with Gasteiger partial charge in [-0.2, -0.15) is 0 Å². The third kappa shape index (κ3) is 5.46. The highest BCUT2D eigenvalue weighted by Gasteiger charge is 2.22. The lowest BCUT2D eigenvalue weighted by Crippen LogP contribution is -2.31. The number of oxazole rings is 1. The molecule has 0 aliphatic heterocycles. The average molecular weight is 493 g/mol. The second-order valence-corrected chi connectivity index (χ2v) is 8.69. The van der Waals surface area contributed by atoms with E-state index in [1.807, 2.05) is 103 Å². The van der Waals surface area contributed by atoms with Crippen LogP contribution >= 0.6 is 0 Å².